The summed E-state index contributed by atoms with van der Waals surface area (Å²) in [7, 11) is -2.09. The molecule has 8 N–H and O–H groups in total. The van der Waals surface area contributed by atoms with Gasteiger partial charge in [0.05, 0.1) is 11.0 Å². The average Bonchev–Trinajstić information content (AvgIpc) is 4.08. The molecule has 426 valence electrons. The highest BCUT2D eigenvalue weighted by atomic mass is 32.2. The summed E-state index contributed by atoms with van der Waals surface area (Å²) >= 11 is 0.981. The van der Waals surface area contributed by atoms with E-state index in [-0.39, 0.29) is 85.3 Å². The van der Waals surface area contributed by atoms with Crippen LogP contribution in [0.5, 0.6) is 0 Å². The number of H-pyrrole nitrogens is 1. The lowest BCUT2D eigenvalue weighted by molar-refractivity contribution is -0.140. The summed E-state index contributed by atoms with van der Waals surface area (Å²) in [5, 5.41) is 19.6. The molecule has 0 bridgehead atoms. The second-order valence-corrected chi connectivity index (χ2v) is 24.8. The Hall–Kier alpha value is -7.38. The number of hydrogen-bond acceptors (Lipinski definition) is 15. The molecular formula is C55H66N10O13S2. The van der Waals surface area contributed by atoms with Crippen LogP contribution in [0.2, 0.25) is 0 Å². The number of unbranched alkanes of at least 4 members (excludes halogenated alkanes) is 4. The van der Waals surface area contributed by atoms with Crippen molar-refractivity contribution in [3.05, 3.63) is 86.0 Å². The Morgan fingerprint density at radius 2 is 1.60 bits per heavy atom. The highest BCUT2D eigenvalue weighted by Gasteiger charge is 2.41. The van der Waals surface area contributed by atoms with Crippen molar-refractivity contribution in [2.24, 2.45) is 18.7 Å². The molecule has 2 aromatic carbocycles. The first-order valence-corrected chi connectivity index (χ1v) is 30.1. The molecule has 80 heavy (non-hydrogen) atoms. The van der Waals surface area contributed by atoms with E-state index in [4.69, 9.17) is 10.8 Å². The molecule has 6 heterocycles. The lowest BCUT2D eigenvalue weighted by Gasteiger charge is -2.29. The number of nitrogens with two attached hydrogens (primary N) is 1. The van der Waals surface area contributed by atoms with Crippen LogP contribution in [0, 0.1) is 5.92 Å². The molecule has 4 aliphatic heterocycles. The van der Waals surface area contributed by atoms with Gasteiger partial charge < -0.3 is 46.1 Å². The third-order valence-corrected chi connectivity index (χ3v) is 17.5. The largest absolute Gasteiger partial charge is 0.480 e. The molecule has 1 aliphatic carbocycles. The highest BCUT2D eigenvalue weighted by molar-refractivity contribution is 8.00. The van der Waals surface area contributed by atoms with E-state index >= 15 is 0 Å². The number of carboxylic acid groups (broad SMARTS) is 1. The number of fused-ring (bicyclic) bond motifs is 3. The van der Waals surface area contributed by atoms with Crippen LogP contribution in [-0.2, 0) is 70.9 Å². The number of anilines is 1. The van der Waals surface area contributed by atoms with E-state index in [1.807, 2.05) is 12.1 Å². The average molecular weight is 1140 g/mol. The molecule has 2 saturated heterocycles. The van der Waals surface area contributed by atoms with Crippen LogP contribution in [0.1, 0.15) is 124 Å². The van der Waals surface area contributed by atoms with Gasteiger partial charge in [0, 0.05) is 129 Å². The maximum absolute atomic E-state index is 14.2. The molecule has 0 radical (unpaired) electrons. The molecule has 8 amide bonds. The Kier molecular flexibility index (Phi) is 17.3. The highest BCUT2D eigenvalue weighted by Crippen LogP contribution is 2.45. The zero-order valence-electron chi connectivity index (χ0n) is 44.7. The number of aromatic nitrogens is 2. The van der Waals surface area contributed by atoms with E-state index in [2.05, 4.69) is 31.2 Å². The molecule has 25 heteroatoms. The third-order valence-electron chi connectivity index (χ3n) is 15.4. The minimum atomic E-state index is -3.67. The molecule has 2 unspecified atom stereocenters. The Morgan fingerprint density at radius 1 is 0.863 bits per heavy atom. The number of carbonyl (C=O) groups excluding carboxylic acids is 8. The fraction of sp³-hybridized carbons (Fsp3) is 0.491. The second-order valence-electron chi connectivity index (χ2n) is 21.4. The number of nitrogens with one attached hydrogen (secondary N) is 5. The number of imide groups is 2. The van der Waals surface area contributed by atoms with Crippen molar-refractivity contribution < 1.29 is 56.7 Å². The topological polar surface area (TPSA) is 330 Å². The van der Waals surface area contributed by atoms with E-state index in [1.54, 1.807) is 36.3 Å². The van der Waals surface area contributed by atoms with E-state index < -0.39 is 79.9 Å². The van der Waals surface area contributed by atoms with Crippen molar-refractivity contribution in [3.63, 3.8) is 0 Å². The van der Waals surface area contributed by atoms with Crippen LogP contribution in [0.15, 0.2) is 41.3 Å². The van der Waals surface area contributed by atoms with Gasteiger partial charge in [0.2, 0.25) is 29.5 Å². The SMILES string of the molecule is Cn1cc2c3c(c(C(=O)NCCNC(=O)CCN4C(=O)CC(SC[C@H](N)C(=O)O)C4=O)[nH]c3c1=O)CN(CC1CC1)c1cc(C(=O)NCCCCCCCc3cccc4c3CN(C3CCC(=O)NC3=O)C4=O)c(CS(C)(=O)=O)cc1-2. The zero-order valence-corrected chi connectivity index (χ0v) is 46.3. The summed E-state index contributed by atoms with van der Waals surface area (Å²) in [6, 6.07) is 7.21. The number of aryl methyl sites for hydroxylation is 2. The Morgan fingerprint density at radius 3 is 2.34 bits per heavy atom. The molecule has 1 saturated carbocycles. The first-order valence-electron chi connectivity index (χ1n) is 27.0. The van der Waals surface area contributed by atoms with Crippen molar-refractivity contribution in [3.8, 4) is 11.1 Å². The summed E-state index contributed by atoms with van der Waals surface area (Å²) in [6.07, 6.45) is 9.74. The predicted octanol–water partition coefficient (Wildman–Crippen LogP) is 2.00. The Balaban J connectivity index is 0.825. The van der Waals surface area contributed by atoms with Gasteiger partial charge in [-0.25, -0.2) is 8.42 Å². The summed E-state index contributed by atoms with van der Waals surface area (Å²) < 4.78 is 27.4. The monoisotopic (exact) mass is 1140 g/mol. The first kappa shape index (κ1) is 57.3. The number of nitrogens with zero attached hydrogens (tertiary/aromatic N) is 4. The number of aliphatic carboxylic acids is 1. The van der Waals surface area contributed by atoms with Crippen LogP contribution in [0.25, 0.3) is 22.0 Å². The van der Waals surface area contributed by atoms with Gasteiger partial charge in [0.1, 0.15) is 23.3 Å². The van der Waals surface area contributed by atoms with E-state index in [0.29, 0.717) is 71.7 Å². The van der Waals surface area contributed by atoms with Crippen molar-refractivity contribution in [2.45, 2.75) is 113 Å². The number of amides is 8. The molecule has 2 aromatic heterocycles. The molecule has 23 nitrogen and oxygen atoms in total. The summed E-state index contributed by atoms with van der Waals surface area (Å²) in [5.41, 5.74) is 10.8. The summed E-state index contributed by atoms with van der Waals surface area (Å²) in [6.45, 7) is 1.18. The lowest BCUT2D eigenvalue weighted by atomic mass is 9.95. The fourth-order valence-corrected chi connectivity index (χ4v) is 13.0. The van der Waals surface area contributed by atoms with Crippen molar-refractivity contribution in [2.75, 3.05) is 49.6 Å². The maximum Gasteiger partial charge on any atom is 0.321 e. The van der Waals surface area contributed by atoms with Gasteiger partial charge in [-0.1, -0.05) is 31.4 Å². The zero-order chi connectivity index (χ0) is 57.2. The number of benzene rings is 2. The van der Waals surface area contributed by atoms with Crippen LogP contribution in [0.3, 0.4) is 0 Å². The van der Waals surface area contributed by atoms with Crippen molar-refractivity contribution in [1.29, 1.82) is 0 Å². The number of piperidine rings is 1. The molecule has 4 aromatic rings. The van der Waals surface area contributed by atoms with Crippen LogP contribution in [-0.4, -0.2) is 148 Å². The quantitative estimate of drug-likeness (QED) is 0.0369. The molecule has 9 rings (SSSR count). The summed E-state index contributed by atoms with van der Waals surface area (Å²) in [4.78, 5) is 137. The molecule has 3 atom stereocenters. The van der Waals surface area contributed by atoms with Gasteiger partial charge in [0.15, 0.2) is 9.84 Å². The summed E-state index contributed by atoms with van der Waals surface area (Å²) in [5.74, 6) is -4.84. The number of rotatable bonds is 25. The molecule has 0 spiro atoms. The van der Waals surface area contributed by atoms with Gasteiger partial charge >= 0.3 is 5.97 Å². The van der Waals surface area contributed by atoms with Crippen LogP contribution >= 0.6 is 11.8 Å². The lowest BCUT2D eigenvalue weighted by Crippen LogP contribution is -2.52. The van der Waals surface area contributed by atoms with Gasteiger partial charge in [0.25, 0.3) is 23.3 Å². The minimum absolute atomic E-state index is 0.00786. The van der Waals surface area contributed by atoms with Gasteiger partial charge in [-0.05, 0) is 79.3 Å². The van der Waals surface area contributed by atoms with E-state index in [1.165, 1.54) is 4.57 Å². The maximum atomic E-state index is 14.2. The Bertz CT molecular complexity index is 3390. The number of aromatic amines is 1. The first-order chi connectivity index (χ1) is 38.2. The van der Waals surface area contributed by atoms with Gasteiger partial charge in [-0.3, -0.25) is 58.2 Å². The smallest absolute Gasteiger partial charge is 0.321 e. The minimum Gasteiger partial charge on any atom is -0.480 e. The number of thioether (sulfide) groups is 1. The number of likely N-dealkylation sites (tertiary alicyclic amines) is 1. The Labute approximate surface area is 465 Å². The number of pyridine rings is 1. The van der Waals surface area contributed by atoms with Crippen molar-refractivity contribution in [1.82, 2.24) is 40.6 Å². The third kappa shape index (κ3) is 12.8. The fourth-order valence-electron chi connectivity index (χ4n) is 11.0. The van der Waals surface area contributed by atoms with E-state index in [9.17, 15) is 56.4 Å². The number of carboxylic acids is 1. The van der Waals surface area contributed by atoms with E-state index in [0.717, 1.165) is 79.0 Å². The second kappa shape index (κ2) is 24.1. The van der Waals surface area contributed by atoms with Crippen molar-refractivity contribution >= 4 is 91.4 Å². The van der Waals surface area contributed by atoms with Gasteiger partial charge in [-0.2, -0.15) is 0 Å². The number of carbonyl (C=O) groups is 9. The van der Waals surface area contributed by atoms with Gasteiger partial charge in [-0.15, -0.1) is 11.8 Å². The number of hydrogen-bond donors (Lipinski definition) is 7. The molecule has 5 aliphatic rings. The predicted molar refractivity (Wildman–Crippen MR) is 296 cm³/mol. The molecule has 3 fully saturated rings. The number of sulfone groups is 1. The normalized spacial score (nSPS) is 18.3. The molecular weight excluding hydrogens is 1070 g/mol. The standard InChI is InChI=1S/C55H66N10O13S2/c1-62-25-37-35-21-32(29-80(2,77)78)34(49(69)58-17-7-5-3-4-6-9-31-10-8-11-33-36(31)27-65(52(33)72)40-14-15-44(67)60-50(40)70)22-41(35)63(24-30-12-13-30)26-38-46(37)48(54(62)74)61-47(38)51(71)59-19-18-57-43(66)16-20-64-45(68)23-42(53(64)73)79-28-39(56)55(75)76/h8,10-11,21-22,25,30,39-40,42,61H,3-7,9,12-20,23-24,26-29,56H2,1-2H3,(H,57,66)(H,58,69)(H,59,71)(H,75,76)(H,60,67,70)/t39-,40?,42?/m0/s1. The van der Waals surface area contributed by atoms with Crippen LogP contribution in [0.4, 0.5) is 5.69 Å². The van der Waals surface area contributed by atoms with Crippen LogP contribution < -0.4 is 37.5 Å².